The predicted molar refractivity (Wildman–Crippen MR) is 36.7 cm³/mol. The predicted octanol–water partition coefficient (Wildman–Crippen LogP) is 2.61. The van der Waals surface area contributed by atoms with Crippen molar-refractivity contribution < 1.29 is 0 Å². The van der Waals surface area contributed by atoms with E-state index in [0.29, 0.717) is 0 Å². The Morgan fingerprint density at radius 1 is 1.75 bits per heavy atom. The van der Waals surface area contributed by atoms with Crippen LogP contribution in [0.2, 0.25) is 0 Å². The Morgan fingerprint density at radius 3 is 2.50 bits per heavy atom. The Kier molecular flexibility index (Phi) is 1.72. The van der Waals surface area contributed by atoms with Crippen molar-refractivity contribution in [3.63, 3.8) is 0 Å². The molecule has 0 spiro atoms. The van der Waals surface area contributed by atoms with Crippen LogP contribution in [0.1, 0.15) is 26.7 Å². The summed E-state index contributed by atoms with van der Waals surface area (Å²) in [7, 11) is 0. The van der Waals surface area contributed by atoms with Gasteiger partial charge in [-0.1, -0.05) is 32.4 Å². The molecule has 0 heteroatoms. The smallest absolute Gasteiger partial charge is 0.0173 e. The van der Waals surface area contributed by atoms with E-state index in [9.17, 15) is 0 Å². The fourth-order valence-electron chi connectivity index (χ4n) is 1.02. The van der Waals surface area contributed by atoms with E-state index in [1.807, 2.05) is 0 Å². The van der Waals surface area contributed by atoms with E-state index in [-0.39, 0.29) is 0 Å². The van der Waals surface area contributed by atoms with Gasteiger partial charge in [0.05, 0.1) is 0 Å². The van der Waals surface area contributed by atoms with Crippen molar-refractivity contribution >= 4 is 0 Å². The minimum atomic E-state index is 0.917. The lowest BCUT2D eigenvalue weighted by Crippen LogP contribution is -2.12. The molecule has 0 amide bonds. The second-order valence-corrected chi connectivity index (χ2v) is 2.71. The lowest BCUT2D eigenvalue weighted by molar-refractivity contribution is 0.394. The van der Waals surface area contributed by atoms with Crippen LogP contribution < -0.4 is 0 Å². The van der Waals surface area contributed by atoms with Crippen molar-refractivity contribution in [2.75, 3.05) is 0 Å². The molecule has 1 rings (SSSR count). The maximum absolute atomic E-state index is 2.33. The molecule has 0 fully saturated rings. The van der Waals surface area contributed by atoms with E-state index < -0.39 is 0 Å². The third-order valence-corrected chi connectivity index (χ3v) is 2.17. The Hall–Kier alpha value is -0.260. The van der Waals surface area contributed by atoms with Crippen LogP contribution in [0, 0.1) is 11.8 Å². The van der Waals surface area contributed by atoms with E-state index >= 15 is 0 Å². The standard InChI is InChI=1S/C8H14/c1-3-7(2)8-5-4-6-8/h4-5,7-8H,3,6H2,1-2H3. The summed E-state index contributed by atoms with van der Waals surface area (Å²) in [4.78, 5) is 0. The van der Waals surface area contributed by atoms with Gasteiger partial charge >= 0.3 is 0 Å². The van der Waals surface area contributed by atoms with Gasteiger partial charge in [0.2, 0.25) is 0 Å². The summed E-state index contributed by atoms with van der Waals surface area (Å²) in [5, 5.41) is 0. The van der Waals surface area contributed by atoms with Crippen LogP contribution in [0.15, 0.2) is 12.2 Å². The lowest BCUT2D eigenvalue weighted by atomic mass is 9.82. The molecule has 0 bridgehead atoms. The summed E-state index contributed by atoms with van der Waals surface area (Å²) in [6.45, 7) is 4.59. The first-order chi connectivity index (χ1) is 3.84. The quantitative estimate of drug-likeness (QED) is 0.479. The molecular weight excluding hydrogens is 96.1 g/mol. The normalized spacial score (nSPS) is 29.5. The minimum absolute atomic E-state index is 0.917. The molecule has 2 unspecified atom stereocenters. The molecule has 8 heavy (non-hydrogen) atoms. The van der Waals surface area contributed by atoms with E-state index in [1.54, 1.807) is 0 Å². The Labute approximate surface area is 51.6 Å². The fourth-order valence-corrected chi connectivity index (χ4v) is 1.02. The van der Waals surface area contributed by atoms with Crippen molar-refractivity contribution in [1.29, 1.82) is 0 Å². The third-order valence-electron chi connectivity index (χ3n) is 2.17. The first kappa shape index (κ1) is 5.87. The Balaban J connectivity index is 2.25. The van der Waals surface area contributed by atoms with Gasteiger partial charge in [-0.05, 0) is 18.3 Å². The molecule has 0 saturated heterocycles. The van der Waals surface area contributed by atoms with E-state index in [2.05, 4.69) is 26.0 Å². The van der Waals surface area contributed by atoms with Gasteiger partial charge in [-0.25, -0.2) is 0 Å². The van der Waals surface area contributed by atoms with Gasteiger partial charge < -0.3 is 0 Å². The first-order valence-electron chi connectivity index (χ1n) is 3.51. The molecule has 0 aromatic carbocycles. The van der Waals surface area contributed by atoms with Crippen LogP contribution >= 0.6 is 0 Å². The van der Waals surface area contributed by atoms with Crippen LogP contribution in [0.5, 0.6) is 0 Å². The van der Waals surface area contributed by atoms with E-state index in [1.165, 1.54) is 12.8 Å². The fraction of sp³-hybridized carbons (Fsp3) is 0.750. The average Bonchev–Trinajstić information content (AvgIpc) is 1.62. The van der Waals surface area contributed by atoms with Gasteiger partial charge in [-0.3, -0.25) is 0 Å². The molecule has 0 heterocycles. The summed E-state index contributed by atoms with van der Waals surface area (Å²) in [5.74, 6) is 1.83. The molecule has 0 aromatic rings. The zero-order chi connectivity index (χ0) is 5.98. The summed E-state index contributed by atoms with van der Waals surface area (Å²) in [5.41, 5.74) is 0. The lowest BCUT2D eigenvalue weighted by Gasteiger charge is -2.23. The highest BCUT2D eigenvalue weighted by molar-refractivity contribution is 5.03. The topological polar surface area (TPSA) is 0 Å². The van der Waals surface area contributed by atoms with Gasteiger partial charge in [-0.15, -0.1) is 0 Å². The summed E-state index contributed by atoms with van der Waals surface area (Å²) >= 11 is 0. The van der Waals surface area contributed by atoms with E-state index in [0.717, 1.165) is 11.8 Å². The monoisotopic (exact) mass is 110 g/mol. The zero-order valence-electron chi connectivity index (χ0n) is 5.72. The van der Waals surface area contributed by atoms with Crippen molar-refractivity contribution in [2.24, 2.45) is 11.8 Å². The van der Waals surface area contributed by atoms with Crippen LogP contribution in [0.4, 0.5) is 0 Å². The molecule has 1 aliphatic rings. The first-order valence-corrected chi connectivity index (χ1v) is 3.51. The highest BCUT2D eigenvalue weighted by Gasteiger charge is 2.15. The Morgan fingerprint density at radius 2 is 2.38 bits per heavy atom. The molecule has 0 radical (unpaired) electrons. The molecule has 0 aromatic heterocycles. The van der Waals surface area contributed by atoms with Gasteiger partial charge in [0.25, 0.3) is 0 Å². The molecule has 0 N–H and O–H groups in total. The minimum Gasteiger partial charge on any atom is -0.0876 e. The summed E-state index contributed by atoms with van der Waals surface area (Å²) < 4.78 is 0. The van der Waals surface area contributed by atoms with Crippen molar-refractivity contribution in [3.8, 4) is 0 Å². The van der Waals surface area contributed by atoms with Crippen molar-refractivity contribution in [2.45, 2.75) is 26.7 Å². The van der Waals surface area contributed by atoms with Crippen LogP contribution in [-0.2, 0) is 0 Å². The van der Waals surface area contributed by atoms with Gasteiger partial charge in [0.15, 0.2) is 0 Å². The highest BCUT2D eigenvalue weighted by atomic mass is 14.2. The highest BCUT2D eigenvalue weighted by Crippen LogP contribution is 2.27. The van der Waals surface area contributed by atoms with Crippen molar-refractivity contribution in [1.82, 2.24) is 0 Å². The molecule has 46 valence electrons. The van der Waals surface area contributed by atoms with Crippen LogP contribution in [0.3, 0.4) is 0 Å². The number of allylic oxidation sites excluding steroid dienone is 2. The molecule has 2 atom stereocenters. The van der Waals surface area contributed by atoms with Gasteiger partial charge in [-0.2, -0.15) is 0 Å². The third kappa shape index (κ3) is 0.936. The second-order valence-electron chi connectivity index (χ2n) is 2.71. The molecule has 1 aliphatic carbocycles. The zero-order valence-corrected chi connectivity index (χ0v) is 5.72. The van der Waals surface area contributed by atoms with Gasteiger partial charge in [0, 0.05) is 0 Å². The SMILES string of the molecule is CCC(C)C1C=CC1. The van der Waals surface area contributed by atoms with Crippen molar-refractivity contribution in [3.05, 3.63) is 12.2 Å². The van der Waals surface area contributed by atoms with Gasteiger partial charge in [0.1, 0.15) is 0 Å². The van der Waals surface area contributed by atoms with Crippen LogP contribution in [0.25, 0.3) is 0 Å². The largest absolute Gasteiger partial charge is 0.0876 e. The Bertz CT molecular complexity index is 92.2. The number of hydrogen-bond donors (Lipinski definition) is 0. The average molecular weight is 110 g/mol. The van der Waals surface area contributed by atoms with Crippen LogP contribution in [-0.4, -0.2) is 0 Å². The molecule has 0 saturated carbocycles. The maximum atomic E-state index is 2.33. The summed E-state index contributed by atoms with van der Waals surface area (Å²) in [6.07, 6.45) is 7.25. The molecule has 0 aliphatic heterocycles. The molecule has 0 nitrogen and oxygen atoms in total. The van der Waals surface area contributed by atoms with E-state index in [4.69, 9.17) is 0 Å². The number of rotatable bonds is 2. The maximum Gasteiger partial charge on any atom is -0.0173 e. The molecular formula is C8H14. The number of hydrogen-bond acceptors (Lipinski definition) is 0. The second kappa shape index (κ2) is 2.34. The summed E-state index contributed by atoms with van der Waals surface area (Å²) in [6, 6.07) is 0.